The Morgan fingerprint density at radius 1 is 1.04 bits per heavy atom. The summed E-state index contributed by atoms with van der Waals surface area (Å²) in [5.74, 6) is 0.618. The molecule has 2 aromatic carbocycles. The Bertz CT molecular complexity index is 644. The molecule has 1 amide bonds. The number of carbonyl (C=O) groups is 1. The molecule has 0 saturated heterocycles. The lowest BCUT2D eigenvalue weighted by Gasteiger charge is -2.13. The fourth-order valence-electron chi connectivity index (χ4n) is 2.22. The molecule has 0 bridgehead atoms. The molecule has 0 aliphatic heterocycles. The van der Waals surface area contributed by atoms with Crippen LogP contribution in [0.5, 0.6) is 5.75 Å². The van der Waals surface area contributed by atoms with Crippen LogP contribution in [0.15, 0.2) is 48.5 Å². The summed E-state index contributed by atoms with van der Waals surface area (Å²) < 4.78 is 5.26. The molecule has 5 heteroatoms. The van der Waals surface area contributed by atoms with E-state index in [9.17, 15) is 4.79 Å². The van der Waals surface area contributed by atoms with Crippen LogP contribution in [-0.2, 0) is 11.3 Å². The van der Waals surface area contributed by atoms with Crippen molar-refractivity contribution in [3.63, 3.8) is 0 Å². The smallest absolute Gasteiger partial charge is 0.243 e. The van der Waals surface area contributed by atoms with Crippen LogP contribution in [0.25, 0.3) is 0 Å². The quantitative estimate of drug-likeness (QED) is 0.701. The van der Waals surface area contributed by atoms with Crippen molar-refractivity contribution in [2.45, 2.75) is 13.5 Å². The predicted octanol–water partition coefficient (Wildman–Crippen LogP) is 2.86. The second kappa shape index (κ2) is 8.80. The Balaban J connectivity index is 1.95. The van der Waals surface area contributed by atoms with E-state index in [0.717, 1.165) is 30.0 Å². The Morgan fingerprint density at radius 3 is 2.48 bits per heavy atom. The zero-order chi connectivity index (χ0) is 16.5. The summed E-state index contributed by atoms with van der Waals surface area (Å²) in [5.41, 5.74) is 2.70. The van der Waals surface area contributed by atoms with Gasteiger partial charge in [-0.25, -0.2) is 0 Å². The molecule has 122 valence electrons. The van der Waals surface area contributed by atoms with Crippen molar-refractivity contribution >= 4 is 17.3 Å². The number of ether oxygens (including phenoxy) is 1. The number of rotatable bonds is 8. The normalized spacial score (nSPS) is 10.2. The summed E-state index contributed by atoms with van der Waals surface area (Å²) in [6.07, 6.45) is 0. The number of hydrogen-bond donors (Lipinski definition) is 3. The van der Waals surface area contributed by atoms with Crippen LogP contribution in [0.3, 0.4) is 0 Å². The van der Waals surface area contributed by atoms with E-state index < -0.39 is 0 Å². The summed E-state index contributed by atoms with van der Waals surface area (Å²) >= 11 is 0. The summed E-state index contributed by atoms with van der Waals surface area (Å²) in [6.45, 7) is 3.85. The zero-order valence-corrected chi connectivity index (χ0v) is 13.6. The maximum absolute atomic E-state index is 12.2. The molecule has 0 atom stereocenters. The van der Waals surface area contributed by atoms with Crippen LogP contribution in [0, 0.1) is 0 Å². The molecule has 0 fully saturated rings. The molecule has 0 aromatic heterocycles. The number of para-hydroxylation sites is 3. The highest BCUT2D eigenvalue weighted by Crippen LogP contribution is 2.22. The lowest BCUT2D eigenvalue weighted by molar-refractivity contribution is -0.114. The van der Waals surface area contributed by atoms with Gasteiger partial charge in [0.05, 0.1) is 19.3 Å². The van der Waals surface area contributed by atoms with E-state index in [1.54, 1.807) is 7.11 Å². The van der Waals surface area contributed by atoms with Crippen LogP contribution in [0.2, 0.25) is 0 Å². The van der Waals surface area contributed by atoms with Gasteiger partial charge in [0.25, 0.3) is 0 Å². The first-order valence-corrected chi connectivity index (χ1v) is 7.70. The molecule has 0 spiro atoms. The van der Waals surface area contributed by atoms with Crippen molar-refractivity contribution in [3.05, 3.63) is 54.1 Å². The van der Waals surface area contributed by atoms with E-state index in [-0.39, 0.29) is 12.5 Å². The molecule has 2 aromatic rings. The average Bonchev–Trinajstić information content (AvgIpc) is 2.59. The van der Waals surface area contributed by atoms with Crippen LogP contribution >= 0.6 is 0 Å². The molecule has 23 heavy (non-hydrogen) atoms. The third-order valence-electron chi connectivity index (χ3n) is 3.40. The van der Waals surface area contributed by atoms with Gasteiger partial charge < -0.3 is 20.7 Å². The molecule has 0 radical (unpaired) electrons. The standard InChI is InChI=1S/C18H23N3O2/c1-3-19-12-14-8-4-5-9-15(14)21-18(22)13-20-16-10-6-7-11-17(16)23-2/h4-11,19-20H,3,12-13H2,1-2H3,(H,21,22). The zero-order valence-electron chi connectivity index (χ0n) is 13.6. The number of hydrogen-bond acceptors (Lipinski definition) is 4. The van der Waals surface area contributed by atoms with Gasteiger partial charge in [0.2, 0.25) is 5.91 Å². The molecule has 3 N–H and O–H groups in total. The van der Waals surface area contributed by atoms with Gasteiger partial charge in [-0.05, 0) is 30.3 Å². The van der Waals surface area contributed by atoms with Crippen molar-refractivity contribution in [1.29, 1.82) is 0 Å². The van der Waals surface area contributed by atoms with Crippen LogP contribution in [0.1, 0.15) is 12.5 Å². The molecule has 0 unspecified atom stereocenters. The maximum Gasteiger partial charge on any atom is 0.243 e. The fourth-order valence-corrected chi connectivity index (χ4v) is 2.22. The maximum atomic E-state index is 12.2. The molecular weight excluding hydrogens is 290 g/mol. The topological polar surface area (TPSA) is 62.4 Å². The summed E-state index contributed by atoms with van der Waals surface area (Å²) in [7, 11) is 1.61. The lowest BCUT2D eigenvalue weighted by atomic mass is 10.1. The SMILES string of the molecule is CCNCc1ccccc1NC(=O)CNc1ccccc1OC. The van der Waals surface area contributed by atoms with Gasteiger partial charge in [-0.3, -0.25) is 4.79 Å². The second-order valence-electron chi connectivity index (χ2n) is 5.04. The van der Waals surface area contributed by atoms with E-state index in [0.29, 0.717) is 5.75 Å². The van der Waals surface area contributed by atoms with E-state index in [2.05, 4.69) is 22.9 Å². The Hall–Kier alpha value is -2.53. The largest absolute Gasteiger partial charge is 0.495 e. The van der Waals surface area contributed by atoms with Crippen molar-refractivity contribution in [3.8, 4) is 5.75 Å². The van der Waals surface area contributed by atoms with Crippen LogP contribution in [0.4, 0.5) is 11.4 Å². The van der Waals surface area contributed by atoms with E-state index >= 15 is 0 Å². The molecule has 0 heterocycles. The van der Waals surface area contributed by atoms with Crippen LogP contribution < -0.4 is 20.7 Å². The fraction of sp³-hybridized carbons (Fsp3) is 0.278. The molecule has 0 saturated carbocycles. The number of amides is 1. The van der Waals surface area contributed by atoms with E-state index in [4.69, 9.17) is 4.74 Å². The lowest BCUT2D eigenvalue weighted by Crippen LogP contribution is -2.23. The second-order valence-corrected chi connectivity index (χ2v) is 5.04. The van der Waals surface area contributed by atoms with Gasteiger partial charge in [-0.1, -0.05) is 37.3 Å². The third-order valence-corrected chi connectivity index (χ3v) is 3.40. The van der Waals surface area contributed by atoms with E-state index in [1.165, 1.54) is 0 Å². The molecule has 0 aliphatic carbocycles. The van der Waals surface area contributed by atoms with Gasteiger partial charge >= 0.3 is 0 Å². The van der Waals surface area contributed by atoms with Crippen molar-refractivity contribution in [2.75, 3.05) is 30.8 Å². The van der Waals surface area contributed by atoms with Gasteiger partial charge in [-0.15, -0.1) is 0 Å². The minimum absolute atomic E-state index is 0.0974. The van der Waals surface area contributed by atoms with Crippen molar-refractivity contribution in [1.82, 2.24) is 5.32 Å². The first-order valence-electron chi connectivity index (χ1n) is 7.70. The number of nitrogens with one attached hydrogen (secondary N) is 3. The summed E-state index contributed by atoms with van der Waals surface area (Å²) in [6, 6.07) is 15.3. The van der Waals surface area contributed by atoms with Crippen molar-refractivity contribution in [2.24, 2.45) is 0 Å². The molecule has 5 nitrogen and oxygen atoms in total. The molecule has 0 aliphatic rings. The summed E-state index contributed by atoms with van der Waals surface area (Å²) in [4.78, 5) is 12.2. The number of benzene rings is 2. The van der Waals surface area contributed by atoms with Gasteiger partial charge in [0.1, 0.15) is 5.75 Å². The highest BCUT2D eigenvalue weighted by atomic mass is 16.5. The molecule has 2 rings (SSSR count). The monoisotopic (exact) mass is 313 g/mol. The molecular formula is C18H23N3O2. The minimum atomic E-state index is -0.0974. The Morgan fingerprint density at radius 2 is 1.74 bits per heavy atom. The highest BCUT2D eigenvalue weighted by Gasteiger charge is 2.07. The summed E-state index contributed by atoms with van der Waals surface area (Å²) in [5, 5.41) is 9.31. The number of carbonyl (C=O) groups excluding carboxylic acids is 1. The number of methoxy groups -OCH3 is 1. The van der Waals surface area contributed by atoms with E-state index in [1.807, 2.05) is 48.5 Å². The Labute approximate surface area is 137 Å². The van der Waals surface area contributed by atoms with Gasteiger partial charge in [-0.2, -0.15) is 0 Å². The minimum Gasteiger partial charge on any atom is -0.495 e. The first-order chi connectivity index (χ1) is 11.2. The van der Waals surface area contributed by atoms with Crippen molar-refractivity contribution < 1.29 is 9.53 Å². The van der Waals surface area contributed by atoms with Gasteiger partial charge in [0.15, 0.2) is 0 Å². The predicted molar refractivity (Wildman–Crippen MR) is 93.9 cm³/mol. The first kappa shape index (κ1) is 16.8. The highest BCUT2D eigenvalue weighted by molar-refractivity contribution is 5.94. The van der Waals surface area contributed by atoms with Gasteiger partial charge in [0, 0.05) is 12.2 Å². The Kier molecular flexibility index (Phi) is 6.44. The van der Waals surface area contributed by atoms with Crippen LogP contribution in [-0.4, -0.2) is 26.1 Å². The number of anilines is 2. The third kappa shape index (κ3) is 5.00. The average molecular weight is 313 g/mol.